The van der Waals surface area contributed by atoms with Crippen LogP contribution in [0.3, 0.4) is 0 Å². The van der Waals surface area contributed by atoms with E-state index in [1.165, 1.54) is 5.56 Å². The molecule has 1 N–H and O–H groups in total. The van der Waals surface area contributed by atoms with Crippen molar-refractivity contribution in [1.82, 2.24) is 24.6 Å². The number of methoxy groups -OCH3 is 1. The van der Waals surface area contributed by atoms with Gasteiger partial charge >= 0.3 is 7.12 Å². The largest absolute Gasteiger partial charge is 0.497 e. The Morgan fingerprint density at radius 3 is 2.38 bits per heavy atom. The molecule has 0 bridgehead atoms. The molecule has 3 heterocycles. The van der Waals surface area contributed by atoms with E-state index in [2.05, 4.69) is 100 Å². The fraction of sp³-hybridized carbons (Fsp3) is 0.355. The fourth-order valence-electron chi connectivity index (χ4n) is 5.19. The van der Waals surface area contributed by atoms with Gasteiger partial charge in [0.05, 0.1) is 41.4 Å². The second-order valence-corrected chi connectivity index (χ2v) is 11.9. The van der Waals surface area contributed by atoms with Gasteiger partial charge in [0.15, 0.2) is 5.82 Å². The Morgan fingerprint density at radius 1 is 0.975 bits per heavy atom. The van der Waals surface area contributed by atoms with E-state index in [9.17, 15) is 0 Å². The Morgan fingerprint density at radius 2 is 1.70 bits per heavy atom. The lowest BCUT2D eigenvalue weighted by atomic mass is 9.78. The number of ether oxygens (including phenoxy) is 1. The monoisotopic (exact) mass is 537 g/mol. The number of H-pyrrole nitrogens is 1. The van der Waals surface area contributed by atoms with Gasteiger partial charge in [0.1, 0.15) is 11.4 Å². The molecule has 9 heteroatoms. The average molecular weight is 537 g/mol. The Balaban J connectivity index is 1.47. The van der Waals surface area contributed by atoms with Gasteiger partial charge in [-0.3, -0.25) is 4.68 Å². The highest BCUT2D eigenvalue weighted by Crippen LogP contribution is 2.37. The maximum absolute atomic E-state index is 6.38. The molecule has 1 aliphatic rings. The molecule has 206 valence electrons. The minimum absolute atomic E-state index is 0.421. The second-order valence-electron chi connectivity index (χ2n) is 11.9. The molecule has 0 atom stereocenters. The van der Waals surface area contributed by atoms with E-state index in [0.717, 1.165) is 56.8 Å². The van der Waals surface area contributed by atoms with Crippen molar-refractivity contribution in [3.63, 3.8) is 0 Å². The number of nitrogens with one attached hydrogen (secondary N) is 1. The van der Waals surface area contributed by atoms with Crippen molar-refractivity contribution in [3.8, 4) is 17.3 Å². The van der Waals surface area contributed by atoms with Crippen LogP contribution in [0.2, 0.25) is 0 Å². The minimum atomic E-state index is -0.463. The number of hydrogen-bond donors (Lipinski definition) is 1. The van der Waals surface area contributed by atoms with Crippen molar-refractivity contribution >= 4 is 34.5 Å². The van der Waals surface area contributed by atoms with Crippen LogP contribution in [0.5, 0.6) is 5.75 Å². The average Bonchev–Trinajstić information content (AvgIpc) is 3.56. The minimum Gasteiger partial charge on any atom is -0.497 e. The fourth-order valence-corrected chi connectivity index (χ4v) is 5.19. The van der Waals surface area contributed by atoms with Crippen LogP contribution in [0.1, 0.15) is 38.8 Å². The summed E-state index contributed by atoms with van der Waals surface area (Å²) in [5.41, 5.74) is 6.19. The summed E-state index contributed by atoms with van der Waals surface area (Å²) >= 11 is 0. The Hall–Kier alpha value is -3.66. The molecule has 40 heavy (non-hydrogen) atoms. The Labute approximate surface area is 235 Å². The third kappa shape index (κ3) is 4.68. The van der Waals surface area contributed by atoms with Crippen LogP contribution in [0.25, 0.3) is 33.5 Å². The zero-order chi connectivity index (χ0) is 28.2. The summed E-state index contributed by atoms with van der Waals surface area (Å²) < 4.78 is 20.1. The van der Waals surface area contributed by atoms with Crippen molar-refractivity contribution in [2.24, 2.45) is 0 Å². The van der Waals surface area contributed by atoms with E-state index in [1.54, 1.807) is 7.11 Å². The van der Waals surface area contributed by atoms with Gasteiger partial charge in [-0.1, -0.05) is 36.4 Å². The highest BCUT2D eigenvalue weighted by atomic mass is 16.7. The van der Waals surface area contributed by atoms with Crippen molar-refractivity contribution in [2.45, 2.75) is 52.0 Å². The quantitative estimate of drug-likeness (QED) is 0.295. The lowest BCUT2D eigenvalue weighted by molar-refractivity contribution is 0.00578. The molecule has 3 aromatic carbocycles. The molecule has 0 aliphatic carbocycles. The molecular formula is C31H36BN5O3. The number of aromatic nitrogens is 4. The van der Waals surface area contributed by atoms with Gasteiger partial charge in [-0.25, -0.2) is 4.98 Å². The first-order valence-corrected chi connectivity index (χ1v) is 13.7. The molecule has 0 amide bonds. The first-order chi connectivity index (χ1) is 19.0. The molecule has 1 saturated heterocycles. The van der Waals surface area contributed by atoms with Crippen LogP contribution in [0, 0.1) is 0 Å². The van der Waals surface area contributed by atoms with E-state index in [1.807, 2.05) is 16.8 Å². The van der Waals surface area contributed by atoms with Gasteiger partial charge in [0.2, 0.25) is 0 Å². The number of nitrogens with zero attached hydrogens (tertiary/aromatic N) is 4. The Kier molecular flexibility index (Phi) is 6.48. The maximum Gasteiger partial charge on any atom is 0.494 e. The molecule has 1 fully saturated rings. The normalized spacial score (nSPS) is 16.4. The predicted octanol–water partition coefficient (Wildman–Crippen LogP) is 5.00. The van der Waals surface area contributed by atoms with Gasteiger partial charge in [-0.15, -0.1) is 0 Å². The summed E-state index contributed by atoms with van der Waals surface area (Å²) in [5, 5.41) is 6.10. The summed E-state index contributed by atoms with van der Waals surface area (Å²) in [5.74, 6) is 1.57. The molecule has 2 aromatic heterocycles. The van der Waals surface area contributed by atoms with E-state index in [-0.39, 0.29) is 0 Å². The summed E-state index contributed by atoms with van der Waals surface area (Å²) in [6.07, 6.45) is 0. The van der Waals surface area contributed by atoms with Gasteiger partial charge in [-0.2, -0.15) is 5.10 Å². The molecule has 0 radical (unpaired) electrons. The highest BCUT2D eigenvalue weighted by molar-refractivity contribution is 6.62. The molecule has 6 rings (SSSR count). The summed E-state index contributed by atoms with van der Waals surface area (Å²) in [6, 6.07) is 20.7. The van der Waals surface area contributed by atoms with E-state index in [0.29, 0.717) is 6.54 Å². The van der Waals surface area contributed by atoms with Crippen LogP contribution in [0.4, 0.5) is 0 Å². The van der Waals surface area contributed by atoms with Crippen LogP contribution in [-0.2, 0) is 22.4 Å². The van der Waals surface area contributed by atoms with Crippen LogP contribution < -0.4 is 10.2 Å². The highest BCUT2D eigenvalue weighted by Gasteiger charge is 2.51. The molecule has 0 spiro atoms. The first kappa shape index (κ1) is 26.6. The van der Waals surface area contributed by atoms with Crippen LogP contribution in [0.15, 0.2) is 60.7 Å². The predicted molar refractivity (Wildman–Crippen MR) is 160 cm³/mol. The zero-order valence-corrected chi connectivity index (χ0v) is 24.3. The SMILES string of the molecule is COc1ccc(Cn2nc(-c3nc4c(CN(C)C)cccc4[nH]3)c3cc(B4OC(C)(C)C(C)(C)O4)ccc32)cc1. The molecular weight excluding hydrogens is 501 g/mol. The van der Waals surface area contributed by atoms with Crippen LogP contribution >= 0.6 is 0 Å². The van der Waals surface area contributed by atoms with Gasteiger partial charge in [0.25, 0.3) is 0 Å². The summed E-state index contributed by atoms with van der Waals surface area (Å²) in [6.45, 7) is 9.71. The number of imidazole rings is 1. The number of rotatable bonds is 7. The third-order valence-electron chi connectivity index (χ3n) is 8.10. The van der Waals surface area contributed by atoms with Gasteiger partial charge in [-0.05, 0) is 82.6 Å². The van der Waals surface area contributed by atoms with Crippen molar-refractivity contribution in [3.05, 3.63) is 71.8 Å². The summed E-state index contributed by atoms with van der Waals surface area (Å²) in [4.78, 5) is 10.8. The van der Waals surface area contributed by atoms with Gasteiger partial charge < -0.3 is 23.9 Å². The second kappa shape index (κ2) is 9.76. The van der Waals surface area contributed by atoms with Gasteiger partial charge in [0, 0.05) is 11.9 Å². The smallest absolute Gasteiger partial charge is 0.494 e. The van der Waals surface area contributed by atoms with Crippen molar-refractivity contribution < 1.29 is 14.0 Å². The zero-order valence-electron chi connectivity index (χ0n) is 24.3. The number of benzene rings is 3. The number of hydrogen-bond acceptors (Lipinski definition) is 6. The Bertz CT molecular complexity index is 1670. The van der Waals surface area contributed by atoms with E-state index < -0.39 is 18.3 Å². The lowest BCUT2D eigenvalue weighted by Gasteiger charge is -2.32. The molecule has 0 unspecified atom stereocenters. The van der Waals surface area contributed by atoms with E-state index in [4.69, 9.17) is 24.1 Å². The standard InChI is InChI=1S/C31H36BN5O3/c1-30(2)31(3,4)40-32(39-30)22-13-16-26-24(17-22)28(35-37(26)18-20-11-14-23(38-7)15-12-20)29-33-25-10-8-9-21(19-36(5)6)27(25)34-29/h8-17H,18-19H2,1-7H3,(H,33,34). The van der Waals surface area contributed by atoms with Crippen molar-refractivity contribution in [2.75, 3.05) is 21.2 Å². The molecule has 5 aromatic rings. The number of fused-ring (bicyclic) bond motifs is 2. The maximum atomic E-state index is 6.38. The number of para-hydroxylation sites is 1. The molecule has 1 aliphatic heterocycles. The van der Waals surface area contributed by atoms with E-state index >= 15 is 0 Å². The van der Waals surface area contributed by atoms with Crippen molar-refractivity contribution in [1.29, 1.82) is 0 Å². The number of aromatic amines is 1. The molecule has 8 nitrogen and oxygen atoms in total. The van der Waals surface area contributed by atoms with Crippen LogP contribution in [-0.4, -0.2) is 64.2 Å². The molecule has 0 saturated carbocycles. The lowest BCUT2D eigenvalue weighted by Crippen LogP contribution is -2.41. The first-order valence-electron chi connectivity index (χ1n) is 13.7. The third-order valence-corrected chi connectivity index (χ3v) is 8.10. The summed E-state index contributed by atoms with van der Waals surface area (Å²) in [7, 11) is 5.35. The topological polar surface area (TPSA) is 77.4 Å².